The maximum atomic E-state index is 12.5. The van der Waals surface area contributed by atoms with Crippen LogP contribution in [0, 0.1) is 17.3 Å². The summed E-state index contributed by atoms with van der Waals surface area (Å²) in [6, 6.07) is 0. The van der Waals surface area contributed by atoms with Crippen molar-refractivity contribution < 1.29 is 57.1 Å². The smallest absolute Gasteiger partial charge is 0.233 e. The van der Waals surface area contributed by atoms with Crippen LogP contribution in [0.25, 0.3) is 0 Å². The van der Waals surface area contributed by atoms with Crippen LogP contribution < -0.4 is 10.6 Å². The topological polar surface area (TPSA) is 169 Å². The number of nitrogens with zero attached hydrogens (tertiary/aromatic N) is 1. The SMILES string of the molecule is CC(C)CCNC(=O)CCOCCOCCOCCOCCOCCOCCOCCOCCNC(=O)CCN1C(=O)CC(C(C)(C)C)C1=O. The lowest BCUT2D eigenvalue weighted by Crippen LogP contribution is -2.37. The zero-order chi connectivity index (χ0) is 36.9. The third kappa shape index (κ3) is 24.8. The Kier molecular flexibility index (Phi) is 26.9. The third-order valence-corrected chi connectivity index (χ3v) is 7.54. The van der Waals surface area contributed by atoms with Gasteiger partial charge in [0.2, 0.25) is 23.6 Å². The first-order valence-corrected chi connectivity index (χ1v) is 18.0. The average Bonchev–Trinajstić information content (AvgIpc) is 3.36. The lowest BCUT2D eigenvalue weighted by Gasteiger charge is -2.24. The minimum Gasteiger partial charge on any atom is -0.379 e. The number of rotatable bonds is 33. The molecule has 1 aliphatic heterocycles. The highest BCUT2D eigenvalue weighted by atomic mass is 16.6. The molecular formula is C35H65N3O12. The van der Waals surface area contributed by atoms with E-state index >= 15 is 0 Å². The second-order valence-corrected chi connectivity index (χ2v) is 13.3. The Bertz CT molecular complexity index is 916. The Labute approximate surface area is 299 Å². The summed E-state index contributed by atoms with van der Waals surface area (Å²) in [4.78, 5) is 49.6. The molecule has 0 spiro atoms. The minimum absolute atomic E-state index is 0.0157. The van der Waals surface area contributed by atoms with Crippen LogP contribution in [0.1, 0.15) is 60.3 Å². The fourth-order valence-corrected chi connectivity index (χ4v) is 4.55. The van der Waals surface area contributed by atoms with Gasteiger partial charge in [0, 0.05) is 38.9 Å². The molecule has 0 aliphatic carbocycles. The van der Waals surface area contributed by atoms with E-state index in [4.69, 9.17) is 37.9 Å². The number of likely N-dealkylation sites (tertiary alicyclic amines) is 1. The molecule has 0 aromatic carbocycles. The van der Waals surface area contributed by atoms with E-state index in [1.54, 1.807) is 0 Å². The van der Waals surface area contributed by atoms with Crippen molar-refractivity contribution in [2.45, 2.75) is 60.3 Å². The Morgan fingerprint density at radius 3 is 1.40 bits per heavy atom. The van der Waals surface area contributed by atoms with Gasteiger partial charge in [-0.15, -0.1) is 0 Å². The Balaban J connectivity index is 1.74. The Hall–Kier alpha value is -2.24. The molecule has 0 radical (unpaired) electrons. The van der Waals surface area contributed by atoms with Crippen LogP contribution >= 0.6 is 0 Å². The van der Waals surface area contributed by atoms with Gasteiger partial charge in [-0.1, -0.05) is 34.6 Å². The molecule has 1 fully saturated rings. The van der Waals surface area contributed by atoms with E-state index < -0.39 is 0 Å². The molecule has 15 nitrogen and oxygen atoms in total. The Morgan fingerprint density at radius 1 is 0.620 bits per heavy atom. The maximum absolute atomic E-state index is 12.5. The molecule has 1 rings (SSSR count). The molecule has 4 amide bonds. The monoisotopic (exact) mass is 719 g/mol. The molecule has 0 aromatic rings. The van der Waals surface area contributed by atoms with E-state index in [1.807, 2.05) is 20.8 Å². The van der Waals surface area contributed by atoms with E-state index in [0.717, 1.165) is 6.42 Å². The highest BCUT2D eigenvalue weighted by Crippen LogP contribution is 2.35. The number of carbonyl (C=O) groups is 4. The Morgan fingerprint density at radius 2 is 1.00 bits per heavy atom. The van der Waals surface area contributed by atoms with Gasteiger partial charge in [0.05, 0.1) is 112 Å². The van der Waals surface area contributed by atoms with Gasteiger partial charge in [0.15, 0.2) is 0 Å². The molecule has 1 atom stereocenters. The summed E-state index contributed by atoms with van der Waals surface area (Å²) in [5.41, 5.74) is -0.283. The maximum Gasteiger partial charge on any atom is 0.233 e. The normalized spacial score (nSPS) is 15.0. The number of nitrogens with one attached hydrogen (secondary N) is 2. The highest BCUT2D eigenvalue weighted by molar-refractivity contribution is 6.04. The molecule has 1 unspecified atom stereocenters. The molecule has 1 heterocycles. The summed E-state index contributed by atoms with van der Waals surface area (Å²) < 4.78 is 43.6. The number of ether oxygens (including phenoxy) is 8. The fourth-order valence-electron chi connectivity index (χ4n) is 4.55. The van der Waals surface area contributed by atoms with Gasteiger partial charge in [-0.05, 0) is 17.8 Å². The minimum atomic E-state index is -0.335. The summed E-state index contributed by atoms with van der Waals surface area (Å²) in [6.07, 6.45) is 1.62. The van der Waals surface area contributed by atoms with Gasteiger partial charge in [-0.3, -0.25) is 24.1 Å². The number of hydrogen-bond acceptors (Lipinski definition) is 12. The highest BCUT2D eigenvalue weighted by Gasteiger charge is 2.44. The predicted molar refractivity (Wildman–Crippen MR) is 186 cm³/mol. The first kappa shape index (κ1) is 45.8. The van der Waals surface area contributed by atoms with E-state index in [0.29, 0.717) is 131 Å². The zero-order valence-electron chi connectivity index (χ0n) is 31.3. The number of carbonyl (C=O) groups excluding carboxylic acids is 4. The molecule has 0 aromatic heterocycles. The van der Waals surface area contributed by atoms with Crippen molar-refractivity contribution in [2.24, 2.45) is 17.3 Å². The van der Waals surface area contributed by atoms with E-state index in [-0.39, 0.29) is 54.3 Å². The zero-order valence-corrected chi connectivity index (χ0v) is 31.3. The van der Waals surface area contributed by atoms with Crippen molar-refractivity contribution in [3.63, 3.8) is 0 Å². The van der Waals surface area contributed by atoms with Crippen LogP contribution in [0.5, 0.6) is 0 Å². The van der Waals surface area contributed by atoms with E-state index in [2.05, 4.69) is 24.5 Å². The summed E-state index contributed by atoms with van der Waals surface area (Å²) in [7, 11) is 0. The van der Waals surface area contributed by atoms with Crippen molar-refractivity contribution in [1.29, 1.82) is 0 Å². The van der Waals surface area contributed by atoms with Crippen molar-refractivity contribution >= 4 is 23.6 Å². The molecule has 50 heavy (non-hydrogen) atoms. The third-order valence-electron chi connectivity index (χ3n) is 7.54. The van der Waals surface area contributed by atoms with Gasteiger partial charge in [0.1, 0.15) is 0 Å². The lowest BCUT2D eigenvalue weighted by molar-refractivity contribution is -0.140. The van der Waals surface area contributed by atoms with Gasteiger partial charge >= 0.3 is 0 Å². The average molecular weight is 720 g/mol. The second kappa shape index (κ2) is 29.3. The molecule has 1 aliphatic rings. The predicted octanol–water partition coefficient (Wildman–Crippen LogP) is 1.60. The molecular weight excluding hydrogens is 654 g/mol. The quantitative estimate of drug-likeness (QED) is 0.0744. The van der Waals surface area contributed by atoms with Crippen LogP contribution in [0.4, 0.5) is 0 Å². The lowest BCUT2D eigenvalue weighted by atomic mass is 9.80. The van der Waals surface area contributed by atoms with Gasteiger partial charge in [-0.25, -0.2) is 0 Å². The first-order valence-electron chi connectivity index (χ1n) is 18.0. The molecule has 0 bridgehead atoms. The van der Waals surface area contributed by atoms with Crippen LogP contribution in [0.3, 0.4) is 0 Å². The number of imide groups is 1. The van der Waals surface area contributed by atoms with Crippen molar-refractivity contribution in [1.82, 2.24) is 15.5 Å². The fraction of sp³-hybridized carbons (Fsp3) is 0.886. The van der Waals surface area contributed by atoms with Crippen LogP contribution in [0.15, 0.2) is 0 Å². The summed E-state index contributed by atoms with van der Waals surface area (Å²) in [5.74, 6) is -0.377. The van der Waals surface area contributed by atoms with Crippen molar-refractivity contribution in [3.05, 3.63) is 0 Å². The van der Waals surface area contributed by atoms with Gasteiger partial charge < -0.3 is 48.5 Å². The molecule has 1 saturated heterocycles. The summed E-state index contributed by atoms with van der Waals surface area (Å²) >= 11 is 0. The van der Waals surface area contributed by atoms with Crippen molar-refractivity contribution in [3.8, 4) is 0 Å². The van der Waals surface area contributed by atoms with Gasteiger partial charge in [0.25, 0.3) is 0 Å². The van der Waals surface area contributed by atoms with Gasteiger partial charge in [-0.2, -0.15) is 0 Å². The van der Waals surface area contributed by atoms with Crippen LogP contribution in [-0.4, -0.2) is 154 Å². The second-order valence-electron chi connectivity index (χ2n) is 13.3. The molecule has 292 valence electrons. The molecule has 0 saturated carbocycles. The van der Waals surface area contributed by atoms with E-state index in [9.17, 15) is 19.2 Å². The number of hydrogen-bond donors (Lipinski definition) is 2. The van der Waals surface area contributed by atoms with Crippen LogP contribution in [0.2, 0.25) is 0 Å². The summed E-state index contributed by atoms with van der Waals surface area (Å²) in [6.45, 7) is 18.3. The largest absolute Gasteiger partial charge is 0.379 e. The summed E-state index contributed by atoms with van der Waals surface area (Å²) in [5, 5.41) is 5.62. The number of amides is 4. The molecule has 2 N–H and O–H groups in total. The first-order chi connectivity index (χ1) is 24.0. The van der Waals surface area contributed by atoms with Crippen molar-refractivity contribution in [2.75, 3.05) is 125 Å². The standard InChI is InChI=1S/C35H65N3O12/c1-29(2)6-9-36-32(40)8-12-43-14-16-45-18-20-47-22-24-49-26-27-50-25-23-48-21-19-46-17-15-44-13-10-37-31(39)7-11-38-33(41)28-30(34(38)42)35(3,4)5/h29-30H,6-28H2,1-5H3,(H,36,40)(H,37,39). The van der Waals surface area contributed by atoms with E-state index in [1.165, 1.54) is 4.90 Å². The van der Waals surface area contributed by atoms with Crippen LogP contribution in [-0.2, 0) is 57.1 Å². The molecule has 15 heteroatoms.